The van der Waals surface area contributed by atoms with E-state index in [1.165, 1.54) is 283 Å². The third kappa shape index (κ3) is 49.8. The van der Waals surface area contributed by atoms with Gasteiger partial charge in [-0.3, -0.25) is 9.59 Å². The van der Waals surface area contributed by atoms with Gasteiger partial charge in [0, 0.05) is 6.42 Å². The summed E-state index contributed by atoms with van der Waals surface area (Å²) in [7, 11) is 0. The predicted octanol–water partition coefficient (Wildman–Crippen LogP) is 19.4. The molecule has 1 fully saturated rings. The van der Waals surface area contributed by atoms with E-state index in [1.807, 2.05) is 6.08 Å². The van der Waals surface area contributed by atoms with Gasteiger partial charge < -0.3 is 45.1 Å². The molecule has 1 aliphatic rings. The first-order chi connectivity index (χ1) is 41.7. The summed E-state index contributed by atoms with van der Waals surface area (Å²) in [6.45, 7) is 5.86. The molecule has 85 heavy (non-hydrogen) atoms. The fraction of sp³-hybridized carbons (Fsp3) is 0.946. The first-order valence-corrected chi connectivity index (χ1v) is 37.5. The van der Waals surface area contributed by atoms with Gasteiger partial charge in [-0.25, -0.2) is 0 Å². The molecule has 6 N–H and O–H groups in total. The number of unbranched alkanes of at least 4 members (excludes halogenated alkanes) is 52. The number of carbonyl (C=O) groups excluding carboxylic acids is 2. The van der Waals surface area contributed by atoms with Gasteiger partial charge in [-0.2, -0.15) is 0 Å². The number of amides is 1. The Morgan fingerprint density at radius 2 is 0.765 bits per heavy atom. The number of esters is 1. The van der Waals surface area contributed by atoms with Gasteiger partial charge in [0.05, 0.1) is 25.4 Å². The normalized spacial score (nSPS) is 18.3. The molecule has 504 valence electrons. The first-order valence-electron chi connectivity index (χ1n) is 37.5. The average molecular weight is 1210 g/mol. The molecule has 1 aliphatic heterocycles. The van der Waals surface area contributed by atoms with Gasteiger partial charge >= 0.3 is 5.97 Å². The van der Waals surface area contributed by atoms with Crippen LogP contribution in [-0.4, -0.2) is 99.6 Å². The Hall–Kier alpha value is -1.60. The topological polar surface area (TPSA) is 175 Å². The highest BCUT2D eigenvalue weighted by Gasteiger charge is 2.47. The lowest BCUT2D eigenvalue weighted by atomic mass is 9.99. The molecular formula is C74H143NO10. The summed E-state index contributed by atoms with van der Waals surface area (Å²) >= 11 is 0. The van der Waals surface area contributed by atoms with E-state index in [0.717, 1.165) is 57.8 Å². The van der Waals surface area contributed by atoms with Crippen LogP contribution in [0, 0.1) is 0 Å². The largest absolute Gasteiger partial charge is 0.454 e. The second-order valence-electron chi connectivity index (χ2n) is 26.4. The molecule has 0 aliphatic carbocycles. The Balaban J connectivity index is 2.50. The predicted molar refractivity (Wildman–Crippen MR) is 357 cm³/mol. The van der Waals surface area contributed by atoms with E-state index >= 15 is 0 Å². The minimum atomic E-state index is -1.61. The van der Waals surface area contributed by atoms with Crippen molar-refractivity contribution in [2.24, 2.45) is 0 Å². The summed E-state index contributed by atoms with van der Waals surface area (Å²) in [5.74, 6) is -1.17. The zero-order valence-corrected chi connectivity index (χ0v) is 56.3. The summed E-state index contributed by atoms with van der Waals surface area (Å²) in [4.78, 5) is 26.7. The smallest absolute Gasteiger partial charge is 0.306 e. The van der Waals surface area contributed by atoms with Gasteiger partial charge in [0.15, 0.2) is 12.4 Å². The fourth-order valence-corrected chi connectivity index (χ4v) is 12.3. The van der Waals surface area contributed by atoms with E-state index in [1.54, 1.807) is 6.08 Å². The SMILES string of the molecule is CCCCCCCCCCC/C=C/C(O)C(COC1OC(CO)C(O)C(O)C1OC(=O)CCCCCCCCCCCCCCCCCCCCCCC)NC(=O)C(O)CCCCCCCCCCCCCCCCCCCCCCCCCC. The van der Waals surface area contributed by atoms with Crippen LogP contribution in [0.4, 0.5) is 0 Å². The number of rotatable bonds is 66. The molecule has 1 saturated heterocycles. The van der Waals surface area contributed by atoms with E-state index in [2.05, 4.69) is 26.1 Å². The third-order valence-corrected chi connectivity index (χ3v) is 18.2. The van der Waals surface area contributed by atoms with Crippen LogP contribution >= 0.6 is 0 Å². The molecular weight excluding hydrogens is 1060 g/mol. The molecule has 0 spiro atoms. The first kappa shape index (κ1) is 81.4. The van der Waals surface area contributed by atoms with Crippen LogP contribution in [0.5, 0.6) is 0 Å². The highest BCUT2D eigenvalue weighted by Crippen LogP contribution is 2.27. The summed E-state index contributed by atoms with van der Waals surface area (Å²) in [5, 5.41) is 57.3. The summed E-state index contributed by atoms with van der Waals surface area (Å²) in [5.41, 5.74) is 0. The molecule has 0 saturated carbocycles. The lowest BCUT2D eigenvalue weighted by Crippen LogP contribution is -2.61. The quantitative estimate of drug-likeness (QED) is 0.0195. The second kappa shape index (κ2) is 62.6. The number of aliphatic hydroxyl groups is 5. The number of carbonyl (C=O) groups is 2. The lowest BCUT2D eigenvalue weighted by Gasteiger charge is -2.41. The summed E-state index contributed by atoms with van der Waals surface area (Å²) in [6.07, 6.45) is 64.1. The van der Waals surface area contributed by atoms with Crippen molar-refractivity contribution in [3.8, 4) is 0 Å². The van der Waals surface area contributed by atoms with Gasteiger partial charge in [0.2, 0.25) is 5.91 Å². The van der Waals surface area contributed by atoms with Crippen molar-refractivity contribution < 1.29 is 49.3 Å². The maximum absolute atomic E-state index is 13.5. The Labute approximate surface area is 525 Å². The van der Waals surface area contributed by atoms with Gasteiger partial charge in [0.1, 0.15) is 24.4 Å². The maximum atomic E-state index is 13.5. The van der Waals surface area contributed by atoms with E-state index < -0.39 is 67.4 Å². The lowest BCUT2D eigenvalue weighted by molar-refractivity contribution is -0.305. The molecule has 11 nitrogen and oxygen atoms in total. The molecule has 11 heteroatoms. The Morgan fingerprint density at radius 1 is 0.447 bits per heavy atom. The molecule has 8 unspecified atom stereocenters. The molecule has 1 rings (SSSR count). The number of aliphatic hydroxyl groups excluding tert-OH is 5. The number of nitrogens with one attached hydrogen (secondary N) is 1. The Morgan fingerprint density at radius 3 is 1.11 bits per heavy atom. The molecule has 1 heterocycles. The number of hydrogen-bond donors (Lipinski definition) is 6. The molecule has 1 amide bonds. The van der Waals surface area contributed by atoms with E-state index in [-0.39, 0.29) is 13.0 Å². The minimum Gasteiger partial charge on any atom is -0.454 e. The van der Waals surface area contributed by atoms with Crippen molar-refractivity contribution in [2.45, 2.75) is 436 Å². The number of ether oxygens (including phenoxy) is 3. The van der Waals surface area contributed by atoms with Gasteiger partial charge in [0.25, 0.3) is 0 Å². The molecule has 0 aromatic carbocycles. The second-order valence-corrected chi connectivity index (χ2v) is 26.4. The highest BCUT2D eigenvalue weighted by atomic mass is 16.7. The van der Waals surface area contributed by atoms with Crippen LogP contribution in [-0.2, 0) is 23.8 Å². The van der Waals surface area contributed by atoms with E-state index in [4.69, 9.17) is 14.2 Å². The molecule has 0 aromatic rings. The third-order valence-electron chi connectivity index (χ3n) is 18.2. The van der Waals surface area contributed by atoms with Crippen molar-refractivity contribution in [3.05, 3.63) is 12.2 Å². The molecule has 8 atom stereocenters. The van der Waals surface area contributed by atoms with Gasteiger partial charge in [-0.15, -0.1) is 0 Å². The molecule has 0 aromatic heterocycles. The van der Waals surface area contributed by atoms with Crippen LogP contribution in [0.25, 0.3) is 0 Å². The Kier molecular flexibility index (Phi) is 59.9. The van der Waals surface area contributed by atoms with Crippen LogP contribution in [0.3, 0.4) is 0 Å². The Bertz CT molecular complexity index is 1430. The van der Waals surface area contributed by atoms with Crippen molar-refractivity contribution in [1.29, 1.82) is 0 Å². The van der Waals surface area contributed by atoms with E-state index in [9.17, 15) is 35.1 Å². The van der Waals surface area contributed by atoms with Crippen molar-refractivity contribution in [3.63, 3.8) is 0 Å². The summed E-state index contributed by atoms with van der Waals surface area (Å²) < 4.78 is 17.7. The van der Waals surface area contributed by atoms with Crippen molar-refractivity contribution in [2.75, 3.05) is 13.2 Å². The summed E-state index contributed by atoms with van der Waals surface area (Å²) in [6, 6.07) is -1.02. The van der Waals surface area contributed by atoms with Crippen molar-refractivity contribution >= 4 is 11.9 Å². The molecule has 0 radical (unpaired) electrons. The van der Waals surface area contributed by atoms with Crippen molar-refractivity contribution in [1.82, 2.24) is 5.32 Å². The standard InChI is InChI=1S/C74H143NO10/c1-4-7-10-13-16-19-22-24-26-28-30-32-33-34-36-37-39-41-43-46-49-52-55-58-61-67(78)73(82)75-65(66(77)60-57-54-51-48-45-21-18-15-12-9-6-3)64-83-74-72(71(81)70(80)68(63-76)84-74)85-69(79)62-59-56-53-50-47-44-42-40-38-35-31-29-27-25-23-20-17-14-11-8-5-2/h57,60,65-68,70-72,74,76-78,80-81H,4-56,58-59,61-64H2,1-3H3,(H,75,82)/b60-57+. The fourth-order valence-electron chi connectivity index (χ4n) is 12.3. The number of allylic oxidation sites excluding steroid dienone is 1. The van der Waals surface area contributed by atoms with Crippen LogP contribution < -0.4 is 5.32 Å². The monoisotopic (exact) mass is 1210 g/mol. The van der Waals surface area contributed by atoms with Gasteiger partial charge in [-0.05, 0) is 25.7 Å². The average Bonchev–Trinajstić information content (AvgIpc) is 2.66. The minimum absolute atomic E-state index is 0.132. The zero-order valence-electron chi connectivity index (χ0n) is 56.3. The maximum Gasteiger partial charge on any atom is 0.306 e. The highest BCUT2D eigenvalue weighted by molar-refractivity contribution is 5.80. The van der Waals surface area contributed by atoms with Crippen LogP contribution in [0.15, 0.2) is 12.2 Å². The van der Waals surface area contributed by atoms with Gasteiger partial charge in [-0.1, -0.05) is 367 Å². The number of hydrogen-bond acceptors (Lipinski definition) is 10. The van der Waals surface area contributed by atoms with Crippen LogP contribution in [0.1, 0.15) is 387 Å². The molecule has 0 bridgehead atoms. The zero-order chi connectivity index (χ0) is 61.7. The van der Waals surface area contributed by atoms with Crippen LogP contribution in [0.2, 0.25) is 0 Å². The van der Waals surface area contributed by atoms with E-state index in [0.29, 0.717) is 19.3 Å².